The lowest BCUT2D eigenvalue weighted by Gasteiger charge is -2.14. The van der Waals surface area contributed by atoms with Crippen LogP contribution in [0, 0.1) is 5.82 Å². The first kappa shape index (κ1) is 20.1. The number of phenolic OH excluding ortho intramolecular Hbond substituents is 1. The number of nitrogens with zero attached hydrogens (tertiary/aromatic N) is 1. The molecule has 1 aliphatic heterocycles. The largest absolute Gasteiger partial charge is 0.504 e. The Morgan fingerprint density at radius 3 is 2.81 bits per heavy atom. The Bertz CT molecular complexity index is 983. The number of thioether (sulfide) groups is 1. The van der Waals surface area contributed by atoms with E-state index in [0.717, 1.165) is 11.8 Å². The number of halogens is 3. The van der Waals surface area contributed by atoms with E-state index in [1.54, 1.807) is 19.1 Å². The van der Waals surface area contributed by atoms with Crippen LogP contribution in [0.2, 0.25) is 5.02 Å². The fourth-order valence-electron chi connectivity index (χ4n) is 2.40. The second kappa shape index (κ2) is 8.18. The number of amides is 1. The molecule has 2 aromatic carbocycles. The van der Waals surface area contributed by atoms with E-state index < -0.39 is 5.82 Å². The number of rotatable bonds is 4. The average molecular weight is 489 g/mol. The van der Waals surface area contributed by atoms with Gasteiger partial charge in [-0.3, -0.25) is 9.69 Å². The fraction of sp³-hybridized carbons (Fsp3) is 0.111. The average Bonchev–Trinajstić information content (AvgIpc) is 2.88. The van der Waals surface area contributed by atoms with Crippen LogP contribution in [0.3, 0.4) is 0 Å². The lowest BCUT2D eigenvalue weighted by Crippen LogP contribution is -2.27. The van der Waals surface area contributed by atoms with Gasteiger partial charge in [0.25, 0.3) is 5.91 Å². The molecule has 9 heteroatoms. The number of phenols is 1. The number of aromatic hydroxyl groups is 1. The summed E-state index contributed by atoms with van der Waals surface area (Å²) in [5, 5.41) is 9.83. The van der Waals surface area contributed by atoms with Crippen LogP contribution in [0.15, 0.2) is 39.7 Å². The second-order valence-electron chi connectivity index (χ2n) is 5.39. The Hall–Kier alpha value is -1.61. The molecule has 0 saturated carbocycles. The normalized spacial score (nSPS) is 15.7. The van der Waals surface area contributed by atoms with Crippen LogP contribution in [-0.4, -0.2) is 21.9 Å². The number of hydrogen-bond acceptors (Lipinski definition) is 5. The van der Waals surface area contributed by atoms with E-state index in [1.807, 2.05) is 0 Å². The summed E-state index contributed by atoms with van der Waals surface area (Å²) in [4.78, 5) is 14.5. The lowest BCUT2D eigenvalue weighted by atomic mass is 10.2. The van der Waals surface area contributed by atoms with Crippen LogP contribution >= 0.6 is 51.5 Å². The predicted octanol–water partition coefficient (Wildman–Crippen LogP) is 5.75. The molecule has 0 spiro atoms. The molecule has 0 aliphatic carbocycles. The van der Waals surface area contributed by atoms with Crippen molar-refractivity contribution in [2.75, 3.05) is 11.5 Å². The zero-order chi connectivity index (χ0) is 19.7. The molecular weight excluding hydrogens is 477 g/mol. The topological polar surface area (TPSA) is 49.8 Å². The Morgan fingerprint density at radius 1 is 1.41 bits per heavy atom. The number of carbonyl (C=O) groups excluding carboxylic acids is 1. The summed E-state index contributed by atoms with van der Waals surface area (Å²) >= 11 is 15.6. The Morgan fingerprint density at radius 2 is 2.15 bits per heavy atom. The van der Waals surface area contributed by atoms with Gasteiger partial charge in [0.15, 0.2) is 15.8 Å². The Balaban J connectivity index is 1.97. The molecule has 0 bridgehead atoms. The van der Waals surface area contributed by atoms with E-state index in [-0.39, 0.29) is 16.7 Å². The SMILES string of the molecule is CCOc1cc(/C=C2/SC(=S)N(c3ccc(F)c(Cl)c3)C2=O)c(Br)cc1O. The third-order valence-electron chi connectivity index (χ3n) is 3.62. The summed E-state index contributed by atoms with van der Waals surface area (Å²) in [5.41, 5.74) is 1.04. The molecule has 4 nitrogen and oxygen atoms in total. The van der Waals surface area contributed by atoms with E-state index in [2.05, 4.69) is 15.9 Å². The van der Waals surface area contributed by atoms with Gasteiger partial charge in [-0.1, -0.05) is 51.5 Å². The summed E-state index contributed by atoms with van der Waals surface area (Å²) < 4.78 is 19.7. The highest BCUT2D eigenvalue weighted by Crippen LogP contribution is 2.39. The zero-order valence-electron chi connectivity index (χ0n) is 13.8. The smallest absolute Gasteiger partial charge is 0.270 e. The molecule has 1 saturated heterocycles. The molecular formula is C18H12BrClFNO3S2. The predicted molar refractivity (Wildman–Crippen MR) is 114 cm³/mol. The molecule has 1 fully saturated rings. The summed E-state index contributed by atoms with van der Waals surface area (Å²) in [6, 6.07) is 7.11. The lowest BCUT2D eigenvalue weighted by molar-refractivity contribution is -0.113. The van der Waals surface area contributed by atoms with Gasteiger partial charge < -0.3 is 9.84 Å². The number of anilines is 1. The van der Waals surface area contributed by atoms with Gasteiger partial charge in [0.1, 0.15) is 5.82 Å². The third kappa shape index (κ3) is 4.13. The monoisotopic (exact) mass is 487 g/mol. The van der Waals surface area contributed by atoms with Crippen LogP contribution < -0.4 is 9.64 Å². The van der Waals surface area contributed by atoms with Crippen molar-refractivity contribution >= 4 is 73.5 Å². The maximum Gasteiger partial charge on any atom is 0.270 e. The molecule has 27 heavy (non-hydrogen) atoms. The second-order valence-corrected chi connectivity index (χ2v) is 8.33. The first-order valence-corrected chi connectivity index (χ1v) is 10.1. The van der Waals surface area contributed by atoms with Crippen LogP contribution in [0.25, 0.3) is 6.08 Å². The number of benzene rings is 2. The molecule has 0 aromatic heterocycles. The van der Waals surface area contributed by atoms with Crippen molar-refractivity contribution in [3.63, 3.8) is 0 Å². The summed E-state index contributed by atoms with van der Waals surface area (Å²) in [7, 11) is 0. The molecule has 0 radical (unpaired) electrons. The number of hydrogen-bond donors (Lipinski definition) is 1. The maximum absolute atomic E-state index is 13.4. The van der Waals surface area contributed by atoms with Gasteiger partial charge in [-0.2, -0.15) is 0 Å². The number of carbonyl (C=O) groups is 1. The van der Waals surface area contributed by atoms with Gasteiger partial charge >= 0.3 is 0 Å². The van der Waals surface area contributed by atoms with Crippen molar-refractivity contribution in [2.45, 2.75) is 6.92 Å². The molecule has 2 aromatic rings. The van der Waals surface area contributed by atoms with Gasteiger partial charge in [0.05, 0.1) is 22.2 Å². The highest BCUT2D eigenvalue weighted by molar-refractivity contribution is 9.10. The molecule has 1 amide bonds. The molecule has 1 aliphatic rings. The van der Waals surface area contributed by atoms with E-state index in [9.17, 15) is 14.3 Å². The summed E-state index contributed by atoms with van der Waals surface area (Å²) in [6.45, 7) is 2.20. The molecule has 0 atom stereocenters. The maximum atomic E-state index is 13.4. The van der Waals surface area contributed by atoms with Crippen LogP contribution in [0.4, 0.5) is 10.1 Å². The van der Waals surface area contributed by atoms with Gasteiger partial charge in [0.2, 0.25) is 0 Å². The van der Waals surface area contributed by atoms with Crippen molar-refractivity contribution in [1.29, 1.82) is 0 Å². The minimum absolute atomic E-state index is 0.00521. The van der Waals surface area contributed by atoms with Crippen molar-refractivity contribution in [3.8, 4) is 11.5 Å². The van der Waals surface area contributed by atoms with Gasteiger partial charge in [-0.25, -0.2) is 4.39 Å². The zero-order valence-corrected chi connectivity index (χ0v) is 17.8. The fourth-order valence-corrected chi connectivity index (χ4v) is 4.31. The Kier molecular flexibility index (Phi) is 6.10. The standard InChI is InChI=1S/C18H12BrClFNO3S2/c1-2-25-15-5-9(11(19)8-14(15)23)6-16-17(24)22(18(26)27-16)10-3-4-13(21)12(20)7-10/h3-8,23H,2H2,1H3/b16-6+. The first-order chi connectivity index (χ1) is 12.8. The van der Waals surface area contributed by atoms with Crippen molar-refractivity contribution in [3.05, 3.63) is 56.1 Å². The summed E-state index contributed by atoms with van der Waals surface area (Å²) in [5.74, 6) is -0.606. The number of thiocarbonyl (C=S) groups is 1. The Labute approximate surface area is 178 Å². The minimum Gasteiger partial charge on any atom is -0.504 e. The highest BCUT2D eigenvalue weighted by Gasteiger charge is 2.33. The first-order valence-electron chi connectivity index (χ1n) is 7.70. The van der Waals surface area contributed by atoms with Crippen molar-refractivity contribution in [2.24, 2.45) is 0 Å². The molecule has 1 heterocycles. The minimum atomic E-state index is -0.571. The number of ether oxygens (including phenoxy) is 1. The highest BCUT2D eigenvalue weighted by atomic mass is 79.9. The summed E-state index contributed by atoms with van der Waals surface area (Å²) in [6.07, 6.45) is 1.65. The molecule has 140 valence electrons. The van der Waals surface area contributed by atoms with Crippen molar-refractivity contribution < 1.29 is 19.0 Å². The van der Waals surface area contributed by atoms with Crippen LogP contribution in [0.5, 0.6) is 11.5 Å². The van der Waals surface area contributed by atoms with E-state index >= 15 is 0 Å². The molecule has 0 unspecified atom stereocenters. The van der Waals surface area contributed by atoms with Crippen LogP contribution in [-0.2, 0) is 4.79 Å². The van der Waals surface area contributed by atoms with E-state index in [4.69, 9.17) is 28.6 Å². The van der Waals surface area contributed by atoms with E-state index in [0.29, 0.717) is 37.3 Å². The van der Waals surface area contributed by atoms with Gasteiger partial charge in [-0.05, 0) is 48.9 Å². The van der Waals surface area contributed by atoms with Gasteiger partial charge in [0, 0.05) is 4.47 Å². The third-order valence-corrected chi connectivity index (χ3v) is 5.90. The van der Waals surface area contributed by atoms with Gasteiger partial charge in [-0.15, -0.1) is 0 Å². The molecule has 1 N–H and O–H groups in total. The molecule has 3 rings (SSSR count). The van der Waals surface area contributed by atoms with E-state index in [1.165, 1.54) is 29.2 Å². The van der Waals surface area contributed by atoms with Crippen LogP contribution in [0.1, 0.15) is 12.5 Å². The van der Waals surface area contributed by atoms with Crippen molar-refractivity contribution in [1.82, 2.24) is 0 Å². The quantitative estimate of drug-likeness (QED) is 0.438.